The highest BCUT2D eigenvalue weighted by Gasteiger charge is 2.34. The van der Waals surface area contributed by atoms with Crippen LogP contribution in [0.2, 0.25) is 5.02 Å². The van der Waals surface area contributed by atoms with E-state index in [2.05, 4.69) is 0 Å². The molecule has 0 bridgehead atoms. The van der Waals surface area contributed by atoms with E-state index >= 15 is 0 Å². The Balaban J connectivity index is 2.41. The van der Waals surface area contributed by atoms with Crippen LogP contribution >= 0.6 is 11.6 Å². The molecule has 2 aromatic carbocycles. The van der Waals surface area contributed by atoms with Gasteiger partial charge in [-0.15, -0.1) is 0 Å². The van der Waals surface area contributed by atoms with Crippen molar-refractivity contribution in [3.8, 4) is 11.5 Å². The predicted molar refractivity (Wildman–Crippen MR) is 70.8 cm³/mol. The van der Waals surface area contributed by atoms with E-state index in [0.29, 0.717) is 5.56 Å². The Labute approximate surface area is 123 Å². The number of ether oxygens (including phenoxy) is 1. The maximum Gasteiger partial charge on any atom is 0.419 e. The molecule has 0 saturated carbocycles. The third kappa shape index (κ3) is 3.65. The molecule has 2 nitrogen and oxygen atoms in total. The van der Waals surface area contributed by atoms with E-state index in [4.69, 9.17) is 22.1 Å². The van der Waals surface area contributed by atoms with E-state index in [9.17, 15) is 17.6 Å². The molecule has 2 rings (SSSR count). The number of nitrogens with two attached hydrogens (primary N) is 1. The lowest BCUT2D eigenvalue weighted by Crippen LogP contribution is -2.09. The third-order valence-electron chi connectivity index (χ3n) is 2.70. The Kier molecular flexibility index (Phi) is 4.39. The summed E-state index contributed by atoms with van der Waals surface area (Å²) in [5.41, 5.74) is 4.67. The largest absolute Gasteiger partial charge is 0.457 e. The van der Waals surface area contributed by atoms with Gasteiger partial charge in [-0.2, -0.15) is 13.2 Å². The van der Waals surface area contributed by atoms with Gasteiger partial charge < -0.3 is 10.5 Å². The Morgan fingerprint density at radius 1 is 1.10 bits per heavy atom. The maximum absolute atomic E-state index is 13.3. The second kappa shape index (κ2) is 5.91. The van der Waals surface area contributed by atoms with Gasteiger partial charge in [0, 0.05) is 12.6 Å². The number of benzene rings is 2. The van der Waals surface area contributed by atoms with E-state index in [1.807, 2.05) is 0 Å². The average molecular weight is 320 g/mol. The fourth-order valence-corrected chi connectivity index (χ4v) is 1.80. The molecule has 0 amide bonds. The Hall–Kier alpha value is -1.79. The van der Waals surface area contributed by atoms with Crippen LogP contribution in [0.3, 0.4) is 0 Å². The molecular weight excluding hydrogens is 310 g/mol. The van der Waals surface area contributed by atoms with E-state index in [1.54, 1.807) is 0 Å². The minimum atomic E-state index is -4.61. The van der Waals surface area contributed by atoms with Crippen molar-refractivity contribution in [1.29, 1.82) is 0 Å². The molecular formula is C14H10ClF4NO. The first-order chi connectivity index (χ1) is 9.81. The zero-order valence-electron chi connectivity index (χ0n) is 10.5. The molecule has 0 atom stereocenters. The summed E-state index contributed by atoms with van der Waals surface area (Å²) in [6.45, 7) is -0.0288. The summed E-state index contributed by atoms with van der Waals surface area (Å²) in [7, 11) is 0. The predicted octanol–water partition coefficient (Wildman–Crippen LogP) is 4.75. The molecule has 0 unspecified atom stereocenters. The van der Waals surface area contributed by atoms with E-state index < -0.39 is 23.3 Å². The van der Waals surface area contributed by atoms with Crippen LogP contribution in [0.15, 0.2) is 36.4 Å². The van der Waals surface area contributed by atoms with Crippen LogP contribution in [-0.4, -0.2) is 0 Å². The number of alkyl halides is 3. The molecule has 0 aromatic heterocycles. The molecule has 0 aliphatic carbocycles. The minimum absolute atomic E-state index is 0.0288. The first kappa shape index (κ1) is 15.6. The van der Waals surface area contributed by atoms with E-state index in [1.165, 1.54) is 18.2 Å². The number of hydrogen-bond acceptors (Lipinski definition) is 2. The van der Waals surface area contributed by atoms with Gasteiger partial charge in [0.15, 0.2) is 0 Å². The maximum atomic E-state index is 13.3. The first-order valence-electron chi connectivity index (χ1n) is 5.84. The van der Waals surface area contributed by atoms with Gasteiger partial charge in [0.2, 0.25) is 0 Å². The molecule has 0 saturated heterocycles. The van der Waals surface area contributed by atoms with Crippen LogP contribution in [0, 0.1) is 5.82 Å². The molecule has 21 heavy (non-hydrogen) atoms. The second-order valence-corrected chi connectivity index (χ2v) is 4.62. The summed E-state index contributed by atoms with van der Waals surface area (Å²) in [5.74, 6) is -1.29. The second-order valence-electron chi connectivity index (χ2n) is 4.21. The highest BCUT2D eigenvalue weighted by atomic mass is 35.5. The van der Waals surface area contributed by atoms with Gasteiger partial charge in [0.25, 0.3) is 0 Å². The van der Waals surface area contributed by atoms with Crippen LogP contribution < -0.4 is 10.5 Å². The van der Waals surface area contributed by atoms with Gasteiger partial charge in [-0.05, 0) is 29.8 Å². The molecule has 0 fully saturated rings. The molecule has 112 valence electrons. The first-order valence-corrected chi connectivity index (χ1v) is 6.22. The summed E-state index contributed by atoms with van der Waals surface area (Å²) in [6, 6.07) is 6.87. The van der Waals surface area contributed by atoms with Crippen LogP contribution in [0.1, 0.15) is 11.1 Å². The number of halogens is 5. The summed E-state index contributed by atoms with van der Waals surface area (Å²) < 4.78 is 57.4. The zero-order chi connectivity index (χ0) is 15.6. The van der Waals surface area contributed by atoms with Crippen LogP contribution in [0.25, 0.3) is 0 Å². The van der Waals surface area contributed by atoms with Gasteiger partial charge in [-0.3, -0.25) is 0 Å². The number of hydrogen-bond donors (Lipinski definition) is 1. The van der Waals surface area contributed by atoms with Crippen molar-refractivity contribution >= 4 is 11.6 Å². The molecule has 0 spiro atoms. The summed E-state index contributed by atoms with van der Waals surface area (Å²) in [4.78, 5) is 0. The lowest BCUT2D eigenvalue weighted by molar-refractivity contribution is -0.138. The van der Waals surface area contributed by atoms with Crippen LogP contribution in [0.5, 0.6) is 11.5 Å². The van der Waals surface area contributed by atoms with Crippen molar-refractivity contribution < 1.29 is 22.3 Å². The lowest BCUT2D eigenvalue weighted by Gasteiger charge is -2.15. The van der Waals surface area contributed by atoms with Crippen LogP contribution in [-0.2, 0) is 12.7 Å². The molecule has 7 heteroatoms. The Bertz CT molecular complexity index is 658. The van der Waals surface area contributed by atoms with Gasteiger partial charge in [0.05, 0.1) is 10.6 Å². The van der Waals surface area contributed by atoms with Gasteiger partial charge >= 0.3 is 6.18 Å². The SMILES string of the molecule is NCc1ccc(Oc2ccc(Cl)c(F)c2)c(C(F)(F)F)c1. The quantitative estimate of drug-likeness (QED) is 0.829. The monoisotopic (exact) mass is 319 g/mol. The minimum Gasteiger partial charge on any atom is -0.457 e. The van der Waals surface area contributed by atoms with Crippen molar-refractivity contribution in [2.24, 2.45) is 5.73 Å². The van der Waals surface area contributed by atoms with Crippen LogP contribution in [0.4, 0.5) is 17.6 Å². The third-order valence-corrected chi connectivity index (χ3v) is 3.01. The Morgan fingerprint density at radius 2 is 1.81 bits per heavy atom. The summed E-state index contributed by atoms with van der Waals surface area (Å²) in [6.07, 6.45) is -4.61. The van der Waals surface area contributed by atoms with Gasteiger partial charge in [-0.1, -0.05) is 17.7 Å². The van der Waals surface area contributed by atoms with Crippen molar-refractivity contribution in [2.75, 3.05) is 0 Å². The van der Waals surface area contributed by atoms with Gasteiger partial charge in [0.1, 0.15) is 17.3 Å². The van der Waals surface area contributed by atoms with E-state index in [-0.39, 0.29) is 17.3 Å². The topological polar surface area (TPSA) is 35.2 Å². The van der Waals surface area contributed by atoms with Crippen molar-refractivity contribution in [3.63, 3.8) is 0 Å². The standard InChI is InChI=1S/C14H10ClF4NO/c15-11-3-2-9(6-12(11)16)21-13-4-1-8(7-20)5-10(13)14(17,18)19/h1-6H,7,20H2. The highest BCUT2D eigenvalue weighted by molar-refractivity contribution is 6.30. The molecule has 2 aromatic rings. The molecule has 0 heterocycles. The van der Waals surface area contributed by atoms with Crippen molar-refractivity contribution in [2.45, 2.75) is 12.7 Å². The van der Waals surface area contributed by atoms with E-state index in [0.717, 1.165) is 18.2 Å². The smallest absolute Gasteiger partial charge is 0.419 e. The Morgan fingerprint density at radius 3 is 2.38 bits per heavy atom. The zero-order valence-corrected chi connectivity index (χ0v) is 11.3. The normalized spacial score (nSPS) is 11.5. The number of rotatable bonds is 3. The average Bonchev–Trinajstić information content (AvgIpc) is 2.42. The fourth-order valence-electron chi connectivity index (χ4n) is 1.68. The summed E-state index contributed by atoms with van der Waals surface area (Å²) in [5, 5.41) is -0.142. The molecule has 0 radical (unpaired) electrons. The van der Waals surface area contributed by atoms with Crippen molar-refractivity contribution in [1.82, 2.24) is 0 Å². The molecule has 0 aliphatic heterocycles. The fraction of sp³-hybridized carbons (Fsp3) is 0.143. The van der Waals surface area contributed by atoms with Crippen molar-refractivity contribution in [3.05, 3.63) is 58.4 Å². The highest BCUT2D eigenvalue weighted by Crippen LogP contribution is 2.39. The molecule has 2 N–H and O–H groups in total. The summed E-state index contributed by atoms with van der Waals surface area (Å²) >= 11 is 5.50. The molecule has 0 aliphatic rings. The van der Waals surface area contributed by atoms with Gasteiger partial charge in [-0.25, -0.2) is 4.39 Å². The lowest BCUT2D eigenvalue weighted by atomic mass is 10.1.